The zero-order valence-corrected chi connectivity index (χ0v) is 22.6. The Morgan fingerprint density at radius 2 is 1.64 bits per heavy atom. The predicted molar refractivity (Wildman–Crippen MR) is 152 cm³/mol. The Morgan fingerprint density at radius 1 is 0.889 bits per heavy atom. The van der Waals surface area contributed by atoms with Crippen LogP contribution >= 0.6 is 46.1 Å². The van der Waals surface area contributed by atoms with Gasteiger partial charge in [0.25, 0.3) is 0 Å². The molecule has 0 N–H and O–H groups in total. The van der Waals surface area contributed by atoms with Crippen LogP contribution in [0.1, 0.15) is 12.5 Å². The van der Waals surface area contributed by atoms with Gasteiger partial charge in [-0.2, -0.15) is 5.10 Å². The molecule has 0 atom stereocenters. The van der Waals surface area contributed by atoms with Crippen LogP contribution < -0.4 is 9.70 Å². The second-order valence-corrected chi connectivity index (χ2v) is 10.3. The van der Waals surface area contributed by atoms with E-state index in [1.807, 2.05) is 53.4 Å². The van der Waals surface area contributed by atoms with Crippen LogP contribution in [0.4, 0.5) is 11.4 Å². The number of benzene rings is 3. The van der Waals surface area contributed by atoms with Crippen LogP contribution in [-0.2, 0) is 4.74 Å². The summed E-state index contributed by atoms with van der Waals surface area (Å²) in [4.78, 5) is 7.83. The van der Waals surface area contributed by atoms with E-state index in [0.29, 0.717) is 25.6 Å². The lowest BCUT2D eigenvalue weighted by molar-refractivity contribution is 0.122. The third-order valence-electron chi connectivity index (χ3n) is 5.88. The minimum absolute atomic E-state index is 0.482. The molecular weight excluding hydrogens is 535 g/mol. The summed E-state index contributed by atoms with van der Waals surface area (Å²) in [6.07, 6.45) is 0. The Bertz CT molecular complexity index is 1470. The molecule has 1 fully saturated rings. The molecule has 0 amide bonds. The number of ether oxygens (including phenoxy) is 1. The van der Waals surface area contributed by atoms with Crippen LogP contribution in [0.3, 0.4) is 0 Å². The lowest BCUT2D eigenvalue weighted by Crippen LogP contribution is -2.36. The van der Waals surface area contributed by atoms with Crippen LogP contribution in [0, 0.1) is 0 Å². The van der Waals surface area contributed by atoms with E-state index in [2.05, 4.69) is 29.2 Å². The van der Waals surface area contributed by atoms with Crippen molar-refractivity contribution in [2.45, 2.75) is 6.92 Å². The van der Waals surface area contributed by atoms with Gasteiger partial charge in [-0.15, -0.1) is 11.3 Å². The molecule has 0 aliphatic carbocycles. The summed E-state index contributed by atoms with van der Waals surface area (Å²) in [6.45, 7) is 5.30. The Labute approximate surface area is 228 Å². The smallest absolute Gasteiger partial charge is 0.211 e. The van der Waals surface area contributed by atoms with Gasteiger partial charge in [-0.1, -0.05) is 65.1 Å². The van der Waals surface area contributed by atoms with Gasteiger partial charge in [-0.25, -0.2) is 9.67 Å². The normalized spacial score (nSPS) is 14.9. The second-order valence-electron chi connectivity index (χ2n) is 8.24. The summed E-state index contributed by atoms with van der Waals surface area (Å²) >= 11 is 20.4. The molecule has 5 nitrogen and oxygen atoms in total. The molecule has 0 radical (unpaired) electrons. The third-order valence-corrected chi connectivity index (χ3v) is 7.76. The van der Waals surface area contributed by atoms with Crippen LogP contribution in [0.5, 0.6) is 0 Å². The Balaban J connectivity index is 1.57. The number of aromatic nitrogens is 1. The second kappa shape index (κ2) is 11.2. The van der Waals surface area contributed by atoms with E-state index in [1.54, 1.807) is 6.07 Å². The molecule has 3 aromatic carbocycles. The van der Waals surface area contributed by atoms with Crippen LogP contribution in [0.2, 0.25) is 15.1 Å². The van der Waals surface area contributed by atoms with Crippen molar-refractivity contribution in [2.24, 2.45) is 10.1 Å². The number of thiazole rings is 1. The number of para-hydroxylation sites is 1. The van der Waals surface area contributed by atoms with Gasteiger partial charge in [0.2, 0.25) is 4.80 Å². The van der Waals surface area contributed by atoms with E-state index in [4.69, 9.17) is 49.6 Å². The molecule has 184 valence electrons. The first-order chi connectivity index (χ1) is 17.5. The molecule has 2 heterocycles. The van der Waals surface area contributed by atoms with E-state index in [1.165, 1.54) is 17.0 Å². The topological polar surface area (TPSA) is 42.1 Å². The fraction of sp³-hybridized carbons (Fsp3) is 0.185. The molecule has 5 rings (SSSR count). The van der Waals surface area contributed by atoms with Crippen LogP contribution in [-0.4, -0.2) is 36.7 Å². The Hall–Kier alpha value is -2.61. The van der Waals surface area contributed by atoms with E-state index < -0.39 is 0 Å². The standard InChI is InChI=1S/C27H23Cl3N4OS/c1-18(19-6-9-21(10-7-19)33-12-14-35-15-13-33)32-34-26(20-8-11-22(28)24(30)16-20)17-36-27(34)31-25-5-3-2-4-23(25)29/h2-11,16-17H,12-15H2,1H3/b31-27?,32-18+. The van der Waals surface area contributed by atoms with Crippen molar-refractivity contribution in [2.75, 3.05) is 31.2 Å². The molecule has 0 spiro atoms. The summed E-state index contributed by atoms with van der Waals surface area (Å²) in [5.74, 6) is 0. The molecule has 1 aliphatic heterocycles. The third kappa shape index (κ3) is 5.53. The average molecular weight is 558 g/mol. The minimum Gasteiger partial charge on any atom is -0.378 e. The lowest BCUT2D eigenvalue weighted by atomic mass is 10.1. The summed E-state index contributed by atoms with van der Waals surface area (Å²) in [7, 11) is 0. The highest BCUT2D eigenvalue weighted by molar-refractivity contribution is 7.07. The molecule has 36 heavy (non-hydrogen) atoms. The van der Waals surface area contributed by atoms with Crippen LogP contribution in [0.25, 0.3) is 11.3 Å². The number of anilines is 1. The predicted octanol–water partition coefficient (Wildman–Crippen LogP) is 7.52. The SMILES string of the molecule is C/C(=N\n1c(-c2ccc(Cl)c(Cl)c2)csc1=Nc1ccccc1Cl)c1ccc(N2CCOCC2)cc1. The molecule has 9 heteroatoms. The molecule has 4 aromatic rings. The Kier molecular flexibility index (Phi) is 7.79. The summed E-state index contributed by atoms with van der Waals surface area (Å²) < 4.78 is 7.30. The molecular formula is C27H23Cl3N4OS. The number of rotatable bonds is 5. The lowest BCUT2D eigenvalue weighted by Gasteiger charge is -2.28. The molecule has 1 saturated heterocycles. The highest BCUT2D eigenvalue weighted by Gasteiger charge is 2.13. The number of hydrogen-bond donors (Lipinski definition) is 0. The maximum Gasteiger partial charge on any atom is 0.211 e. The van der Waals surface area contributed by atoms with Gasteiger partial charge in [-0.3, -0.25) is 0 Å². The van der Waals surface area contributed by atoms with Gasteiger partial charge >= 0.3 is 0 Å². The highest BCUT2D eigenvalue weighted by atomic mass is 35.5. The maximum absolute atomic E-state index is 6.39. The summed E-state index contributed by atoms with van der Waals surface area (Å²) in [5, 5.41) is 8.55. The monoisotopic (exact) mass is 556 g/mol. The first kappa shape index (κ1) is 25.1. The van der Waals surface area contributed by atoms with Gasteiger partial charge in [0.15, 0.2) is 0 Å². The highest BCUT2D eigenvalue weighted by Crippen LogP contribution is 2.30. The first-order valence-corrected chi connectivity index (χ1v) is 13.4. The summed E-state index contributed by atoms with van der Waals surface area (Å²) in [6, 6.07) is 21.5. The van der Waals surface area contributed by atoms with Crippen molar-refractivity contribution >= 4 is 63.2 Å². The quantitative estimate of drug-likeness (QED) is 0.238. The number of nitrogens with zero attached hydrogens (tertiary/aromatic N) is 4. The number of hydrogen-bond acceptors (Lipinski definition) is 5. The zero-order chi connectivity index (χ0) is 25.1. The Morgan fingerprint density at radius 3 is 2.36 bits per heavy atom. The molecule has 0 unspecified atom stereocenters. The summed E-state index contributed by atoms with van der Waals surface area (Å²) in [5.41, 5.74) is 5.48. The minimum atomic E-state index is 0.482. The van der Waals surface area contributed by atoms with Crippen molar-refractivity contribution in [3.63, 3.8) is 0 Å². The van der Waals surface area contributed by atoms with Crippen molar-refractivity contribution in [1.29, 1.82) is 0 Å². The van der Waals surface area contributed by atoms with E-state index >= 15 is 0 Å². The fourth-order valence-corrected chi connectivity index (χ4v) is 5.23. The van der Waals surface area contributed by atoms with Gasteiger partial charge in [-0.05, 0) is 48.9 Å². The van der Waals surface area contributed by atoms with E-state index in [-0.39, 0.29) is 0 Å². The van der Waals surface area contributed by atoms with E-state index in [0.717, 1.165) is 48.8 Å². The number of halogens is 3. The largest absolute Gasteiger partial charge is 0.378 e. The molecule has 0 saturated carbocycles. The van der Waals surface area contributed by atoms with Gasteiger partial charge in [0.05, 0.1) is 45.4 Å². The molecule has 0 bridgehead atoms. The van der Waals surface area contributed by atoms with Crippen molar-refractivity contribution in [3.05, 3.63) is 97.5 Å². The van der Waals surface area contributed by atoms with E-state index in [9.17, 15) is 0 Å². The molecule has 1 aliphatic rings. The maximum atomic E-state index is 6.39. The van der Waals surface area contributed by atoms with Gasteiger partial charge in [0, 0.05) is 29.7 Å². The van der Waals surface area contributed by atoms with Crippen LogP contribution in [0.15, 0.2) is 82.2 Å². The number of morpholine rings is 1. The first-order valence-electron chi connectivity index (χ1n) is 11.4. The zero-order valence-electron chi connectivity index (χ0n) is 19.5. The van der Waals surface area contributed by atoms with Crippen molar-refractivity contribution in [1.82, 2.24) is 4.68 Å². The van der Waals surface area contributed by atoms with Crippen molar-refractivity contribution in [3.8, 4) is 11.3 Å². The van der Waals surface area contributed by atoms with Gasteiger partial charge < -0.3 is 9.64 Å². The van der Waals surface area contributed by atoms with Gasteiger partial charge in [0.1, 0.15) is 0 Å². The average Bonchev–Trinajstić information content (AvgIpc) is 3.29. The van der Waals surface area contributed by atoms with Crippen molar-refractivity contribution < 1.29 is 4.74 Å². The fourth-order valence-electron chi connectivity index (χ4n) is 3.92. The molecule has 1 aromatic heterocycles.